The molecule has 0 bridgehead atoms. The van der Waals surface area contributed by atoms with E-state index in [2.05, 4.69) is 55.0 Å². The van der Waals surface area contributed by atoms with E-state index in [1.54, 1.807) is 0 Å². The average Bonchev–Trinajstić information content (AvgIpc) is 2.75. The smallest absolute Gasteiger partial charge is 0.251 e. The van der Waals surface area contributed by atoms with Crippen molar-refractivity contribution >= 4 is 16.7 Å². The highest BCUT2D eigenvalue weighted by molar-refractivity contribution is 5.96. The second kappa shape index (κ2) is 9.79. The molecule has 3 N–H and O–H groups in total. The van der Waals surface area contributed by atoms with Gasteiger partial charge in [-0.15, -0.1) is 0 Å². The summed E-state index contributed by atoms with van der Waals surface area (Å²) in [7, 11) is 0. The lowest BCUT2D eigenvalue weighted by atomic mass is 9.99. The van der Waals surface area contributed by atoms with Crippen LogP contribution in [0.15, 0.2) is 54.6 Å². The van der Waals surface area contributed by atoms with E-state index in [9.17, 15) is 4.79 Å². The summed E-state index contributed by atoms with van der Waals surface area (Å²) in [6, 6.07) is 17.9. The first-order valence-electron chi connectivity index (χ1n) is 10.1. The molecule has 3 heteroatoms. The molecule has 3 aromatic rings. The normalized spacial score (nSPS) is 10.2. The van der Waals surface area contributed by atoms with Gasteiger partial charge in [0.25, 0.3) is 5.91 Å². The number of hydrogen-bond donors (Lipinski definition) is 2. The SMILES string of the molecule is Cc1ccc(C#CCN)cc1C(=O)NCc1ccc(C#CC(C)C)c2ccccc12. The largest absolute Gasteiger partial charge is 0.348 e. The highest BCUT2D eigenvalue weighted by Gasteiger charge is 2.11. The Morgan fingerprint density at radius 1 is 1.03 bits per heavy atom. The van der Waals surface area contributed by atoms with E-state index in [1.165, 1.54) is 0 Å². The van der Waals surface area contributed by atoms with Gasteiger partial charge in [-0.05, 0) is 47.0 Å². The van der Waals surface area contributed by atoms with E-state index in [-0.39, 0.29) is 5.91 Å². The maximum absolute atomic E-state index is 12.8. The van der Waals surface area contributed by atoms with Crippen molar-refractivity contribution in [2.45, 2.75) is 27.3 Å². The Labute approximate surface area is 178 Å². The molecule has 0 atom stereocenters. The number of nitrogens with one attached hydrogen (secondary N) is 1. The molecule has 0 fully saturated rings. The molecule has 0 saturated heterocycles. The molecule has 30 heavy (non-hydrogen) atoms. The number of aryl methyl sites for hydroxylation is 1. The Balaban J connectivity index is 1.85. The van der Waals surface area contributed by atoms with Crippen LogP contribution in [0.2, 0.25) is 0 Å². The van der Waals surface area contributed by atoms with Crippen LogP contribution in [0.1, 0.15) is 46.5 Å². The third kappa shape index (κ3) is 5.09. The highest BCUT2D eigenvalue weighted by atomic mass is 16.1. The van der Waals surface area contributed by atoms with Crippen LogP contribution < -0.4 is 11.1 Å². The number of amides is 1. The summed E-state index contributed by atoms with van der Waals surface area (Å²) in [5.74, 6) is 12.5. The Kier molecular flexibility index (Phi) is 6.91. The minimum atomic E-state index is -0.114. The lowest BCUT2D eigenvalue weighted by molar-refractivity contribution is 0.0950. The lowest BCUT2D eigenvalue weighted by Crippen LogP contribution is -2.23. The summed E-state index contributed by atoms with van der Waals surface area (Å²) in [5, 5.41) is 5.26. The first-order chi connectivity index (χ1) is 14.5. The van der Waals surface area contributed by atoms with Crippen LogP contribution in [0.3, 0.4) is 0 Å². The van der Waals surface area contributed by atoms with Crippen molar-refractivity contribution < 1.29 is 4.79 Å². The molecule has 3 nitrogen and oxygen atoms in total. The van der Waals surface area contributed by atoms with Gasteiger partial charge in [-0.1, -0.05) is 73.9 Å². The third-order valence-electron chi connectivity index (χ3n) is 4.77. The minimum absolute atomic E-state index is 0.114. The molecule has 3 rings (SSSR count). The number of carbonyl (C=O) groups excluding carboxylic acids is 1. The second-order valence-electron chi connectivity index (χ2n) is 7.46. The van der Waals surface area contributed by atoms with E-state index in [1.807, 2.05) is 49.4 Å². The Hall–Kier alpha value is -3.53. The molecule has 0 aliphatic rings. The van der Waals surface area contributed by atoms with Gasteiger partial charge < -0.3 is 11.1 Å². The number of rotatable bonds is 3. The molecule has 0 unspecified atom stereocenters. The predicted octanol–water partition coefficient (Wildman–Crippen LogP) is 4.40. The zero-order valence-corrected chi connectivity index (χ0v) is 17.7. The first kappa shape index (κ1) is 21.2. The van der Waals surface area contributed by atoms with Crippen LogP contribution in [0.4, 0.5) is 0 Å². The Morgan fingerprint density at radius 2 is 1.80 bits per heavy atom. The number of hydrogen-bond acceptors (Lipinski definition) is 2. The first-order valence-corrected chi connectivity index (χ1v) is 10.1. The molecule has 0 radical (unpaired) electrons. The zero-order chi connectivity index (χ0) is 21.5. The number of carbonyl (C=O) groups is 1. The Bertz CT molecular complexity index is 1200. The summed E-state index contributed by atoms with van der Waals surface area (Å²) in [4.78, 5) is 12.8. The fourth-order valence-electron chi connectivity index (χ4n) is 3.21. The van der Waals surface area contributed by atoms with Crippen molar-refractivity contribution in [2.24, 2.45) is 11.7 Å². The van der Waals surface area contributed by atoms with E-state index in [0.29, 0.717) is 24.6 Å². The Morgan fingerprint density at radius 3 is 2.53 bits per heavy atom. The summed E-state index contributed by atoms with van der Waals surface area (Å²) < 4.78 is 0. The van der Waals surface area contributed by atoms with E-state index in [0.717, 1.165) is 33.0 Å². The van der Waals surface area contributed by atoms with E-state index < -0.39 is 0 Å². The van der Waals surface area contributed by atoms with Gasteiger partial charge in [0.05, 0.1) is 6.54 Å². The summed E-state index contributed by atoms with van der Waals surface area (Å²) in [6.07, 6.45) is 0. The maximum Gasteiger partial charge on any atom is 0.251 e. The van der Waals surface area contributed by atoms with Crippen LogP contribution in [0.5, 0.6) is 0 Å². The molecule has 3 aromatic carbocycles. The summed E-state index contributed by atoms with van der Waals surface area (Å²) in [5.41, 5.74) is 9.84. The van der Waals surface area contributed by atoms with Gasteiger partial charge in [0.1, 0.15) is 0 Å². The quantitative estimate of drug-likeness (QED) is 0.647. The second-order valence-corrected chi connectivity index (χ2v) is 7.46. The summed E-state index contributed by atoms with van der Waals surface area (Å²) >= 11 is 0. The third-order valence-corrected chi connectivity index (χ3v) is 4.77. The number of fused-ring (bicyclic) bond motifs is 1. The van der Waals surface area contributed by atoms with Crippen LogP contribution in [0, 0.1) is 36.5 Å². The van der Waals surface area contributed by atoms with Crippen LogP contribution in [-0.4, -0.2) is 12.5 Å². The molecule has 0 heterocycles. The van der Waals surface area contributed by atoms with Gasteiger partial charge in [-0.25, -0.2) is 0 Å². The maximum atomic E-state index is 12.8. The topological polar surface area (TPSA) is 55.1 Å². The highest BCUT2D eigenvalue weighted by Crippen LogP contribution is 2.23. The molecule has 0 spiro atoms. The number of benzene rings is 3. The van der Waals surface area contributed by atoms with Crippen molar-refractivity contribution in [3.63, 3.8) is 0 Å². The standard InChI is InChI=1S/C27H26N2O/c1-19(2)10-13-22-14-15-23(25-9-5-4-8-24(22)25)18-29-27(30)26-17-21(7-6-16-28)12-11-20(26)3/h4-5,8-9,11-12,14-15,17,19H,16,18,28H2,1-3H3,(H,29,30). The average molecular weight is 395 g/mol. The number of nitrogens with two attached hydrogens (primary N) is 1. The van der Waals surface area contributed by atoms with Crippen LogP contribution in [0.25, 0.3) is 10.8 Å². The van der Waals surface area contributed by atoms with Crippen molar-refractivity contribution in [1.29, 1.82) is 0 Å². The molecular weight excluding hydrogens is 368 g/mol. The van der Waals surface area contributed by atoms with Gasteiger partial charge in [0, 0.05) is 29.2 Å². The molecule has 0 saturated carbocycles. The van der Waals surface area contributed by atoms with E-state index in [4.69, 9.17) is 5.73 Å². The van der Waals surface area contributed by atoms with Crippen molar-refractivity contribution in [3.05, 3.63) is 82.4 Å². The van der Waals surface area contributed by atoms with Gasteiger partial charge >= 0.3 is 0 Å². The predicted molar refractivity (Wildman–Crippen MR) is 124 cm³/mol. The van der Waals surface area contributed by atoms with Crippen molar-refractivity contribution in [1.82, 2.24) is 5.32 Å². The van der Waals surface area contributed by atoms with Crippen LogP contribution in [-0.2, 0) is 6.54 Å². The van der Waals surface area contributed by atoms with Crippen LogP contribution >= 0.6 is 0 Å². The molecule has 0 aliphatic heterocycles. The van der Waals surface area contributed by atoms with E-state index >= 15 is 0 Å². The fraction of sp³-hybridized carbons (Fsp3) is 0.222. The van der Waals surface area contributed by atoms with Gasteiger partial charge in [0.2, 0.25) is 0 Å². The summed E-state index contributed by atoms with van der Waals surface area (Å²) in [6.45, 7) is 6.82. The molecule has 150 valence electrons. The fourth-order valence-corrected chi connectivity index (χ4v) is 3.21. The minimum Gasteiger partial charge on any atom is -0.348 e. The van der Waals surface area contributed by atoms with Gasteiger partial charge in [-0.3, -0.25) is 4.79 Å². The van der Waals surface area contributed by atoms with Crippen molar-refractivity contribution in [3.8, 4) is 23.7 Å². The molecule has 0 aliphatic carbocycles. The van der Waals surface area contributed by atoms with Gasteiger partial charge in [0.15, 0.2) is 0 Å². The molecule has 1 amide bonds. The molecule has 0 aromatic heterocycles. The lowest BCUT2D eigenvalue weighted by Gasteiger charge is -2.11. The van der Waals surface area contributed by atoms with Crippen molar-refractivity contribution in [2.75, 3.05) is 6.54 Å². The zero-order valence-electron chi connectivity index (χ0n) is 17.7. The van der Waals surface area contributed by atoms with Gasteiger partial charge in [-0.2, -0.15) is 0 Å². The molecular formula is C27H26N2O. The monoisotopic (exact) mass is 394 g/mol.